The highest BCUT2D eigenvalue weighted by Gasteiger charge is 2.02. The van der Waals surface area contributed by atoms with Crippen molar-refractivity contribution in [3.8, 4) is 0 Å². The summed E-state index contributed by atoms with van der Waals surface area (Å²) in [6, 6.07) is 7.84. The van der Waals surface area contributed by atoms with Gasteiger partial charge >= 0.3 is 5.97 Å². The first kappa shape index (κ1) is 14.0. The third kappa shape index (κ3) is 4.45. The number of hydrogen-bond donors (Lipinski definition) is 1. The Hall–Kier alpha value is -2.03. The van der Waals surface area contributed by atoms with E-state index in [9.17, 15) is 4.79 Å². The molecule has 0 aromatic heterocycles. The molecule has 3 heteroatoms. The molecule has 1 rings (SSSR count). The Morgan fingerprint density at radius 1 is 1.39 bits per heavy atom. The first-order valence-electron chi connectivity index (χ1n) is 6.04. The van der Waals surface area contributed by atoms with Crippen molar-refractivity contribution in [1.82, 2.24) is 0 Å². The van der Waals surface area contributed by atoms with Crippen LogP contribution in [0.4, 0.5) is 5.69 Å². The van der Waals surface area contributed by atoms with E-state index in [1.165, 1.54) is 0 Å². The average molecular weight is 245 g/mol. The Morgan fingerprint density at radius 3 is 2.56 bits per heavy atom. The Bertz CT molecular complexity index is 421. The topological polar surface area (TPSA) is 40.5 Å². The summed E-state index contributed by atoms with van der Waals surface area (Å²) in [5, 5.41) is 8.55. The highest BCUT2D eigenvalue weighted by atomic mass is 16.4. The van der Waals surface area contributed by atoms with Gasteiger partial charge in [-0.15, -0.1) is 6.58 Å². The van der Waals surface area contributed by atoms with Crippen LogP contribution in [0.5, 0.6) is 0 Å². The Kier molecular flexibility index (Phi) is 5.71. The molecule has 0 aliphatic heterocycles. The maximum absolute atomic E-state index is 10.4. The maximum Gasteiger partial charge on any atom is 0.328 e. The predicted molar refractivity (Wildman–Crippen MR) is 75.8 cm³/mol. The van der Waals surface area contributed by atoms with Gasteiger partial charge in [0.1, 0.15) is 0 Å². The summed E-state index contributed by atoms with van der Waals surface area (Å²) in [7, 11) is 0. The fourth-order valence-electron chi connectivity index (χ4n) is 1.72. The molecule has 1 aromatic carbocycles. The van der Waals surface area contributed by atoms with E-state index >= 15 is 0 Å². The predicted octanol–water partition coefficient (Wildman–Crippen LogP) is 3.19. The summed E-state index contributed by atoms with van der Waals surface area (Å²) in [4.78, 5) is 12.6. The molecule has 0 spiro atoms. The lowest BCUT2D eigenvalue weighted by atomic mass is 10.1. The van der Waals surface area contributed by atoms with Gasteiger partial charge in [-0.1, -0.05) is 25.1 Å². The number of carbonyl (C=O) groups is 1. The zero-order valence-corrected chi connectivity index (χ0v) is 10.7. The number of hydrogen-bond acceptors (Lipinski definition) is 2. The van der Waals surface area contributed by atoms with Crippen molar-refractivity contribution < 1.29 is 9.90 Å². The fourth-order valence-corrected chi connectivity index (χ4v) is 1.72. The molecule has 18 heavy (non-hydrogen) atoms. The van der Waals surface area contributed by atoms with Crippen LogP contribution in [0.1, 0.15) is 18.9 Å². The largest absolute Gasteiger partial charge is 0.478 e. The molecule has 96 valence electrons. The smallest absolute Gasteiger partial charge is 0.328 e. The lowest BCUT2D eigenvalue weighted by Crippen LogP contribution is -2.23. The zero-order chi connectivity index (χ0) is 13.4. The average Bonchev–Trinajstić information content (AvgIpc) is 2.37. The fraction of sp³-hybridized carbons (Fsp3) is 0.267. The number of aliphatic carboxylic acids is 1. The zero-order valence-electron chi connectivity index (χ0n) is 10.7. The van der Waals surface area contributed by atoms with E-state index in [-0.39, 0.29) is 0 Å². The number of anilines is 1. The van der Waals surface area contributed by atoms with Crippen molar-refractivity contribution in [2.24, 2.45) is 0 Å². The van der Waals surface area contributed by atoms with Gasteiger partial charge in [0.05, 0.1) is 0 Å². The van der Waals surface area contributed by atoms with E-state index in [2.05, 4.69) is 18.4 Å². The molecule has 1 N–H and O–H groups in total. The molecule has 0 unspecified atom stereocenters. The molecule has 0 saturated heterocycles. The second-order valence-corrected chi connectivity index (χ2v) is 4.00. The van der Waals surface area contributed by atoms with Crippen LogP contribution in [0.2, 0.25) is 0 Å². The second-order valence-electron chi connectivity index (χ2n) is 4.00. The van der Waals surface area contributed by atoms with E-state index in [1.807, 2.05) is 30.3 Å². The summed E-state index contributed by atoms with van der Waals surface area (Å²) in [5.74, 6) is -0.932. The SMILES string of the molecule is C=CCN(CCC)c1ccc(/C=C/C(=O)O)cc1. The molecule has 0 heterocycles. The van der Waals surface area contributed by atoms with Gasteiger partial charge in [0, 0.05) is 24.9 Å². The van der Waals surface area contributed by atoms with E-state index in [0.29, 0.717) is 0 Å². The van der Waals surface area contributed by atoms with Crippen molar-refractivity contribution in [3.05, 3.63) is 48.6 Å². The number of nitrogens with zero attached hydrogens (tertiary/aromatic N) is 1. The van der Waals surface area contributed by atoms with Crippen LogP contribution in [-0.2, 0) is 4.79 Å². The standard InChI is InChI=1S/C15H19NO2/c1-3-11-16(12-4-2)14-8-5-13(6-9-14)7-10-15(17)18/h3,5-10H,1,4,11-12H2,2H3,(H,17,18)/b10-7+. The van der Waals surface area contributed by atoms with Gasteiger partial charge in [0.2, 0.25) is 0 Å². The first-order chi connectivity index (χ1) is 8.67. The molecule has 0 amide bonds. The van der Waals surface area contributed by atoms with Gasteiger partial charge in [-0.05, 0) is 30.2 Å². The minimum atomic E-state index is -0.932. The minimum Gasteiger partial charge on any atom is -0.478 e. The maximum atomic E-state index is 10.4. The first-order valence-corrected chi connectivity index (χ1v) is 6.04. The Morgan fingerprint density at radius 2 is 2.06 bits per heavy atom. The van der Waals surface area contributed by atoms with Crippen molar-refractivity contribution in [2.75, 3.05) is 18.0 Å². The second kappa shape index (κ2) is 7.33. The monoisotopic (exact) mass is 245 g/mol. The van der Waals surface area contributed by atoms with Gasteiger partial charge < -0.3 is 10.0 Å². The minimum absolute atomic E-state index is 0.818. The van der Waals surface area contributed by atoms with E-state index < -0.39 is 5.97 Å². The summed E-state index contributed by atoms with van der Waals surface area (Å²) in [6.45, 7) is 7.70. The van der Waals surface area contributed by atoms with Crippen LogP contribution < -0.4 is 4.90 Å². The molecule has 0 atom stereocenters. The quantitative estimate of drug-likeness (QED) is 0.592. The summed E-state index contributed by atoms with van der Waals surface area (Å²) >= 11 is 0. The third-order valence-corrected chi connectivity index (χ3v) is 2.52. The highest BCUT2D eigenvalue weighted by molar-refractivity contribution is 5.85. The Balaban J connectivity index is 2.79. The van der Waals surface area contributed by atoms with Crippen molar-refractivity contribution >= 4 is 17.7 Å². The molecule has 1 aromatic rings. The van der Waals surface area contributed by atoms with E-state index in [0.717, 1.165) is 36.8 Å². The van der Waals surface area contributed by atoms with Crippen LogP contribution >= 0.6 is 0 Å². The van der Waals surface area contributed by atoms with Crippen molar-refractivity contribution in [1.29, 1.82) is 0 Å². The number of carboxylic acids is 1. The summed E-state index contributed by atoms with van der Waals surface area (Å²) < 4.78 is 0. The van der Waals surface area contributed by atoms with Gasteiger partial charge in [-0.25, -0.2) is 4.79 Å². The molecule has 0 aliphatic carbocycles. The summed E-state index contributed by atoms with van der Waals surface area (Å²) in [6.07, 6.45) is 5.69. The van der Waals surface area contributed by atoms with E-state index in [1.54, 1.807) is 6.08 Å². The molecule has 0 radical (unpaired) electrons. The molecule has 0 saturated carbocycles. The van der Waals surface area contributed by atoms with Crippen molar-refractivity contribution in [3.63, 3.8) is 0 Å². The number of carboxylic acid groups (broad SMARTS) is 1. The molecular weight excluding hydrogens is 226 g/mol. The van der Waals surface area contributed by atoms with Crippen LogP contribution in [-0.4, -0.2) is 24.2 Å². The third-order valence-electron chi connectivity index (χ3n) is 2.52. The van der Waals surface area contributed by atoms with Crippen LogP contribution in [0.3, 0.4) is 0 Å². The van der Waals surface area contributed by atoms with Gasteiger partial charge in [0.25, 0.3) is 0 Å². The van der Waals surface area contributed by atoms with Gasteiger partial charge in [0.15, 0.2) is 0 Å². The van der Waals surface area contributed by atoms with Gasteiger partial charge in [-0.2, -0.15) is 0 Å². The Labute approximate surface area is 108 Å². The number of rotatable bonds is 7. The lowest BCUT2D eigenvalue weighted by molar-refractivity contribution is -0.131. The lowest BCUT2D eigenvalue weighted by Gasteiger charge is -2.22. The number of benzene rings is 1. The van der Waals surface area contributed by atoms with Crippen LogP contribution in [0.15, 0.2) is 43.0 Å². The molecular formula is C15H19NO2. The molecule has 3 nitrogen and oxygen atoms in total. The molecule has 0 bridgehead atoms. The van der Waals surface area contributed by atoms with E-state index in [4.69, 9.17) is 5.11 Å². The van der Waals surface area contributed by atoms with Gasteiger partial charge in [-0.3, -0.25) is 0 Å². The highest BCUT2D eigenvalue weighted by Crippen LogP contribution is 2.16. The molecule has 0 fully saturated rings. The normalized spacial score (nSPS) is 10.5. The van der Waals surface area contributed by atoms with Crippen LogP contribution in [0, 0.1) is 0 Å². The van der Waals surface area contributed by atoms with Crippen LogP contribution in [0.25, 0.3) is 6.08 Å². The van der Waals surface area contributed by atoms with Crippen molar-refractivity contribution in [2.45, 2.75) is 13.3 Å². The summed E-state index contributed by atoms with van der Waals surface area (Å²) in [5.41, 5.74) is 2.01. The molecule has 0 aliphatic rings.